The van der Waals surface area contributed by atoms with Crippen LogP contribution in [0.25, 0.3) is 0 Å². The van der Waals surface area contributed by atoms with Crippen LogP contribution in [0.15, 0.2) is 36.4 Å². The van der Waals surface area contributed by atoms with Crippen LogP contribution in [0.2, 0.25) is 5.02 Å². The lowest BCUT2D eigenvalue weighted by Crippen LogP contribution is -2.20. The molecule has 2 aromatic carbocycles. The van der Waals surface area contributed by atoms with Gasteiger partial charge in [0.25, 0.3) is 0 Å². The first kappa shape index (κ1) is 14.2. The SMILES string of the molecule is CNC(c1ccc2c(c1)OCCO2)c1cc(F)ccc1Cl. The van der Waals surface area contributed by atoms with Crippen LogP contribution in [0.5, 0.6) is 11.5 Å². The van der Waals surface area contributed by atoms with Crippen LogP contribution in [0.1, 0.15) is 17.2 Å². The van der Waals surface area contributed by atoms with Gasteiger partial charge in [-0.3, -0.25) is 0 Å². The lowest BCUT2D eigenvalue weighted by molar-refractivity contribution is 0.171. The van der Waals surface area contributed by atoms with Crippen molar-refractivity contribution in [3.8, 4) is 11.5 Å². The Morgan fingerprint density at radius 2 is 1.86 bits per heavy atom. The summed E-state index contributed by atoms with van der Waals surface area (Å²) >= 11 is 6.20. The highest BCUT2D eigenvalue weighted by molar-refractivity contribution is 6.31. The average molecular weight is 308 g/mol. The number of nitrogens with one attached hydrogen (secondary N) is 1. The second-order valence-electron chi connectivity index (χ2n) is 4.79. The summed E-state index contributed by atoms with van der Waals surface area (Å²) in [4.78, 5) is 0. The summed E-state index contributed by atoms with van der Waals surface area (Å²) in [5.41, 5.74) is 1.63. The van der Waals surface area contributed by atoms with E-state index in [0.717, 1.165) is 11.3 Å². The van der Waals surface area contributed by atoms with Gasteiger partial charge in [0, 0.05) is 5.02 Å². The van der Waals surface area contributed by atoms with Gasteiger partial charge in [0.05, 0.1) is 6.04 Å². The third kappa shape index (κ3) is 2.82. The molecular formula is C16H15ClFNO2. The topological polar surface area (TPSA) is 30.5 Å². The van der Waals surface area contributed by atoms with Gasteiger partial charge in [-0.05, 0) is 48.5 Å². The smallest absolute Gasteiger partial charge is 0.161 e. The first-order valence-electron chi connectivity index (χ1n) is 6.71. The maximum absolute atomic E-state index is 13.5. The normalized spacial score (nSPS) is 14.8. The van der Waals surface area contributed by atoms with E-state index in [1.54, 1.807) is 6.07 Å². The standard InChI is InChI=1S/C16H15ClFNO2/c1-19-16(12-9-11(18)3-4-13(12)17)10-2-5-14-15(8-10)21-7-6-20-14/h2-5,8-9,16,19H,6-7H2,1H3. The van der Waals surface area contributed by atoms with Gasteiger partial charge in [-0.25, -0.2) is 4.39 Å². The van der Waals surface area contributed by atoms with Crippen molar-refractivity contribution in [3.63, 3.8) is 0 Å². The quantitative estimate of drug-likeness (QED) is 0.940. The third-order valence-electron chi connectivity index (χ3n) is 3.46. The predicted molar refractivity (Wildman–Crippen MR) is 79.7 cm³/mol. The van der Waals surface area contributed by atoms with Crippen molar-refractivity contribution in [3.05, 3.63) is 58.4 Å². The second kappa shape index (κ2) is 5.92. The maximum Gasteiger partial charge on any atom is 0.161 e. The highest BCUT2D eigenvalue weighted by Gasteiger charge is 2.19. The van der Waals surface area contributed by atoms with Crippen molar-refractivity contribution in [2.75, 3.05) is 20.3 Å². The minimum absolute atomic E-state index is 0.218. The molecule has 110 valence electrons. The number of halogens is 2. The van der Waals surface area contributed by atoms with E-state index in [4.69, 9.17) is 21.1 Å². The summed E-state index contributed by atoms with van der Waals surface area (Å²) in [6, 6.07) is 9.83. The van der Waals surface area contributed by atoms with Crippen LogP contribution in [-0.4, -0.2) is 20.3 Å². The minimum Gasteiger partial charge on any atom is -0.486 e. The van der Waals surface area contributed by atoms with E-state index >= 15 is 0 Å². The number of ether oxygens (including phenoxy) is 2. The van der Waals surface area contributed by atoms with E-state index in [0.29, 0.717) is 29.5 Å². The van der Waals surface area contributed by atoms with Gasteiger partial charge in [-0.1, -0.05) is 17.7 Å². The van der Waals surface area contributed by atoms with Crippen molar-refractivity contribution >= 4 is 11.6 Å². The van der Waals surface area contributed by atoms with Gasteiger partial charge in [-0.2, -0.15) is 0 Å². The van der Waals surface area contributed by atoms with E-state index in [2.05, 4.69) is 5.32 Å². The largest absolute Gasteiger partial charge is 0.486 e. The first-order chi connectivity index (χ1) is 10.2. The van der Waals surface area contributed by atoms with Crippen molar-refractivity contribution in [2.45, 2.75) is 6.04 Å². The maximum atomic E-state index is 13.5. The molecule has 0 saturated heterocycles. The highest BCUT2D eigenvalue weighted by Crippen LogP contribution is 2.35. The van der Waals surface area contributed by atoms with Crippen LogP contribution < -0.4 is 14.8 Å². The second-order valence-corrected chi connectivity index (χ2v) is 5.20. The average Bonchev–Trinajstić information content (AvgIpc) is 2.51. The zero-order chi connectivity index (χ0) is 14.8. The molecule has 1 unspecified atom stereocenters. The summed E-state index contributed by atoms with van der Waals surface area (Å²) in [7, 11) is 1.81. The number of hydrogen-bond donors (Lipinski definition) is 1. The number of rotatable bonds is 3. The van der Waals surface area contributed by atoms with Gasteiger partial charge in [0.2, 0.25) is 0 Å². The van der Waals surface area contributed by atoms with E-state index in [1.807, 2.05) is 25.2 Å². The Morgan fingerprint density at radius 1 is 1.10 bits per heavy atom. The molecule has 1 atom stereocenters. The summed E-state index contributed by atoms with van der Waals surface area (Å²) in [5, 5.41) is 3.68. The molecular weight excluding hydrogens is 293 g/mol. The highest BCUT2D eigenvalue weighted by atomic mass is 35.5. The Hall–Kier alpha value is -1.78. The Balaban J connectivity index is 2.01. The zero-order valence-corrected chi connectivity index (χ0v) is 12.3. The molecule has 0 amide bonds. The van der Waals surface area contributed by atoms with Gasteiger partial charge in [-0.15, -0.1) is 0 Å². The molecule has 1 heterocycles. The fourth-order valence-corrected chi connectivity index (χ4v) is 2.70. The zero-order valence-electron chi connectivity index (χ0n) is 11.5. The molecule has 0 aromatic heterocycles. The molecule has 1 aliphatic rings. The van der Waals surface area contributed by atoms with E-state index in [9.17, 15) is 4.39 Å². The summed E-state index contributed by atoms with van der Waals surface area (Å²) in [5.74, 6) is 1.11. The molecule has 0 radical (unpaired) electrons. The van der Waals surface area contributed by atoms with E-state index in [1.165, 1.54) is 12.1 Å². The Morgan fingerprint density at radius 3 is 2.62 bits per heavy atom. The molecule has 1 N–H and O–H groups in total. The van der Waals surface area contributed by atoms with Gasteiger partial charge >= 0.3 is 0 Å². The van der Waals surface area contributed by atoms with Gasteiger partial charge < -0.3 is 14.8 Å². The Kier molecular flexibility index (Phi) is 3.99. The first-order valence-corrected chi connectivity index (χ1v) is 7.08. The van der Waals surface area contributed by atoms with E-state index < -0.39 is 0 Å². The lowest BCUT2D eigenvalue weighted by atomic mass is 9.98. The molecule has 0 bridgehead atoms. The van der Waals surface area contributed by atoms with Crippen molar-refractivity contribution in [1.29, 1.82) is 0 Å². The molecule has 3 nitrogen and oxygen atoms in total. The van der Waals surface area contributed by atoms with Crippen LogP contribution >= 0.6 is 11.6 Å². The fourth-order valence-electron chi connectivity index (χ4n) is 2.48. The minimum atomic E-state index is -0.313. The van der Waals surface area contributed by atoms with Crippen molar-refractivity contribution in [1.82, 2.24) is 5.32 Å². The molecule has 5 heteroatoms. The van der Waals surface area contributed by atoms with Crippen LogP contribution in [0.3, 0.4) is 0 Å². The number of hydrogen-bond acceptors (Lipinski definition) is 3. The molecule has 0 fully saturated rings. The van der Waals surface area contributed by atoms with Crippen LogP contribution in [0.4, 0.5) is 4.39 Å². The van der Waals surface area contributed by atoms with Crippen LogP contribution in [0, 0.1) is 5.82 Å². The molecule has 0 saturated carbocycles. The Bertz CT molecular complexity index is 663. The molecule has 1 aliphatic heterocycles. The summed E-state index contributed by atoms with van der Waals surface area (Å²) in [6.45, 7) is 1.08. The monoisotopic (exact) mass is 307 g/mol. The van der Waals surface area contributed by atoms with Crippen molar-refractivity contribution < 1.29 is 13.9 Å². The predicted octanol–water partition coefficient (Wildman–Crippen LogP) is 3.56. The molecule has 3 rings (SSSR count). The summed E-state index contributed by atoms with van der Waals surface area (Å²) in [6.07, 6.45) is 0. The van der Waals surface area contributed by atoms with E-state index in [-0.39, 0.29) is 11.9 Å². The van der Waals surface area contributed by atoms with Crippen molar-refractivity contribution in [2.24, 2.45) is 0 Å². The molecule has 0 spiro atoms. The van der Waals surface area contributed by atoms with Crippen LogP contribution in [-0.2, 0) is 0 Å². The molecule has 2 aromatic rings. The molecule has 0 aliphatic carbocycles. The number of benzene rings is 2. The Labute approximate surface area is 127 Å². The number of fused-ring (bicyclic) bond motifs is 1. The van der Waals surface area contributed by atoms with Gasteiger partial charge in [0.15, 0.2) is 11.5 Å². The molecule has 21 heavy (non-hydrogen) atoms. The summed E-state index contributed by atoms with van der Waals surface area (Å²) < 4.78 is 24.6. The third-order valence-corrected chi connectivity index (χ3v) is 3.80. The fraction of sp³-hybridized carbons (Fsp3) is 0.250. The van der Waals surface area contributed by atoms with Gasteiger partial charge in [0.1, 0.15) is 19.0 Å². The lowest BCUT2D eigenvalue weighted by Gasteiger charge is -2.23.